The average molecular weight is 246 g/mol. The van der Waals surface area contributed by atoms with E-state index in [4.69, 9.17) is 10.00 Å². The number of carbonyl (C=O) groups is 1. The van der Waals surface area contributed by atoms with Gasteiger partial charge in [0.1, 0.15) is 12.6 Å². The standard InChI is InChI=1S/C14H18N2O2/c1-4-18-14(17)10-16(11(2)3)13-8-6-5-7-12(13)9-15/h5-8,11H,4,10H2,1-3H3. The molecule has 1 aromatic rings. The van der Waals surface area contributed by atoms with E-state index in [2.05, 4.69) is 6.07 Å². The van der Waals surface area contributed by atoms with E-state index in [9.17, 15) is 4.79 Å². The highest BCUT2D eigenvalue weighted by Gasteiger charge is 2.17. The van der Waals surface area contributed by atoms with E-state index >= 15 is 0 Å². The third-order valence-electron chi connectivity index (χ3n) is 2.56. The third kappa shape index (κ3) is 3.49. The minimum absolute atomic E-state index is 0.115. The van der Waals surface area contributed by atoms with Crippen molar-refractivity contribution in [2.45, 2.75) is 26.8 Å². The molecule has 0 aliphatic carbocycles. The summed E-state index contributed by atoms with van der Waals surface area (Å²) >= 11 is 0. The van der Waals surface area contributed by atoms with E-state index in [-0.39, 0.29) is 18.6 Å². The van der Waals surface area contributed by atoms with Crippen molar-refractivity contribution in [1.82, 2.24) is 0 Å². The molecule has 0 N–H and O–H groups in total. The quantitative estimate of drug-likeness (QED) is 0.748. The predicted octanol–water partition coefficient (Wildman–Crippen LogP) is 2.34. The number of para-hydroxylation sites is 1. The van der Waals surface area contributed by atoms with E-state index in [0.29, 0.717) is 12.2 Å². The molecule has 0 spiro atoms. The Balaban J connectivity index is 2.98. The number of nitrogens with zero attached hydrogens (tertiary/aromatic N) is 2. The Morgan fingerprint density at radius 1 is 1.44 bits per heavy atom. The summed E-state index contributed by atoms with van der Waals surface area (Å²) in [4.78, 5) is 13.5. The van der Waals surface area contributed by atoms with Gasteiger partial charge in [0, 0.05) is 6.04 Å². The first-order chi connectivity index (χ1) is 8.60. The lowest BCUT2D eigenvalue weighted by Gasteiger charge is -2.28. The van der Waals surface area contributed by atoms with Crippen LogP contribution in [0.1, 0.15) is 26.3 Å². The van der Waals surface area contributed by atoms with E-state index in [1.54, 1.807) is 13.0 Å². The highest BCUT2D eigenvalue weighted by Crippen LogP contribution is 2.21. The second-order valence-corrected chi connectivity index (χ2v) is 4.16. The first-order valence-corrected chi connectivity index (χ1v) is 6.01. The van der Waals surface area contributed by atoms with Crippen molar-refractivity contribution < 1.29 is 9.53 Å². The van der Waals surface area contributed by atoms with Gasteiger partial charge in [-0.05, 0) is 32.9 Å². The van der Waals surface area contributed by atoms with Gasteiger partial charge >= 0.3 is 5.97 Å². The molecule has 0 saturated carbocycles. The molecule has 1 rings (SSSR count). The summed E-state index contributed by atoms with van der Waals surface area (Å²) in [5, 5.41) is 9.09. The van der Waals surface area contributed by atoms with Crippen LogP contribution in [-0.4, -0.2) is 25.2 Å². The Hall–Kier alpha value is -2.02. The fourth-order valence-electron chi connectivity index (χ4n) is 1.71. The van der Waals surface area contributed by atoms with Crippen molar-refractivity contribution in [2.24, 2.45) is 0 Å². The van der Waals surface area contributed by atoms with E-state index in [0.717, 1.165) is 5.69 Å². The number of hydrogen-bond donors (Lipinski definition) is 0. The van der Waals surface area contributed by atoms with E-state index in [1.165, 1.54) is 0 Å². The van der Waals surface area contributed by atoms with Crippen LogP contribution < -0.4 is 4.90 Å². The molecule has 0 heterocycles. The first kappa shape index (κ1) is 14.0. The zero-order valence-corrected chi connectivity index (χ0v) is 11.0. The molecule has 0 bridgehead atoms. The summed E-state index contributed by atoms with van der Waals surface area (Å²) < 4.78 is 4.95. The van der Waals surface area contributed by atoms with Crippen LogP contribution in [0.2, 0.25) is 0 Å². The molecule has 0 amide bonds. The van der Waals surface area contributed by atoms with Crippen molar-refractivity contribution >= 4 is 11.7 Å². The molecule has 4 heteroatoms. The summed E-state index contributed by atoms with van der Waals surface area (Å²) in [6, 6.07) is 9.52. The lowest BCUT2D eigenvalue weighted by atomic mass is 10.1. The number of hydrogen-bond acceptors (Lipinski definition) is 4. The molecule has 0 atom stereocenters. The molecular formula is C14H18N2O2. The summed E-state index contributed by atoms with van der Waals surface area (Å²) in [7, 11) is 0. The van der Waals surface area contributed by atoms with Crippen molar-refractivity contribution in [1.29, 1.82) is 5.26 Å². The minimum Gasteiger partial charge on any atom is -0.465 e. The maximum Gasteiger partial charge on any atom is 0.325 e. The van der Waals surface area contributed by atoms with Crippen LogP contribution in [-0.2, 0) is 9.53 Å². The zero-order chi connectivity index (χ0) is 13.5. The number of nitriles is 1. The largest absolute Gasteiger partial charge is 0.465 e. The Labute approximate surface area is 108 Å². The molecule has 0 aromatic heterocycles. The SMILES string of the molecule is CCOC(=O)CN(c1ccccc1C#N)C(C)C. The Morgan fingerprint density at radius 2 is 2.11 bits per heavy atom. The van der Waals surface area contributed by atoms with E-state index < -0.39 is 0 Å². The van der Waals surface area contributed by atoms with E-state index in [1.807, 2.05) is 36.9 Å². The molecule has 0 fully saturated rings. The lowest BCUT2D eigenvalue weighted by Crippen LogP contribution is -2.37. The maximum absolute atomic E-state index is 11.6. The van der Waals surface area contributed by atoms with Crippen LogP contribution in [0.25, 0.3) is 0 Å². The molecule has 0 unspecified atom stereocenters. The molecule has 0 aliphatic rings. The molecule has 4 nitrogen and oxygen atoms in total. The molecule has 0 saturated heterocycles. The van der Waals surface area contributed by atoms with Gasteiger partial charge in [-0.3, -0.25) is 4.79 Å². The van der Waals surface area contributed by atoms with Crippen molar-refractivity contribution in [2.75, 3.05) is 18.1 Å². The normalized spacial score (nSPS) is 9.94. The van der Waals surface area contributed by atoms with Crippen LogP contribution in [0, 0.1) is 11.3 Å². The summed E-state index contributed by atoms with van der Waals surface area (Å²) in [5.41, 5.74) is 1.33. The lowest BCUT2D eigenvalue weighted by molar-refractivity contribution is -0.141. The maximum atomic E-state index is 11.6. The molecular weight excluding hydrogens is 228 g/mol. The number of benzene rings is 1. The van der Waals surface area contributed by atoms with Gasteiger partial charge in [0.15, 0.2) is 0 Å². The fraction of sp³-hybridized carbons (Fsp3) is 0.429. The van der Waals surface area contributed by atoms with Gasteiger partial charge in [0.05, 0.1) is 17.9 Å². The fourth-order valence-corrected chi connectivity index (χ4v) is 1.71. The second kappa shape index (κ2) is 6.65. The van der Waals surface area contributed by atoms with Gasteiger partial charge in [0.2, 0.25) is 0 Å². The Kier molecular flexibility index (Phi) is 5.19. The molecule has 18 heavy (non-hydrogen) atoms. The molecule has 96 valence electrons. The Bertz CT molecular complexity index is 449. The number of rotatable bonds is 5. The predicted molar refractivity (Wildman–Crippen MR) is 70.3 cm³/mol. The molecule has 0 radical (unpaired) electrons. The number of esters is 1. The monoisotopic (exact) mass is 246 g/mol. The Morgan fingerprint density at radius 3 is 2.67 bits per heavy atom. The second-order valence-electron chi connectivity index (χ2n) is 4.16. The highest BCUT2D eigenvalue weighted by molar-refractivity contribution is 5.77. The van der Waals surface area contributed by atoms with Crippen molar-refractivity contribution in [3.05, 3.63) is 29.8 Å². The van der Waals surface area contributed by atoms with Gasteiger partial charge in [-0.25, -0.2) is 0 Å². The number of carbonyl (C=O) groups excluding carboxylic acids is 1. The summed E-state index contributed by atoms with van der Waals surface area (Å²) in [5.74, 6) is -0.279. The van der Waals surface area contributed by atoms with Crippen LogP contribution in [0.5, 0.6) is 0 Å². The van der Waals surface area contributed by atoms with Gasteiger partial charge in [-0.1, -0.05) is 12.1 Å². The minimum atomic E-state index is -0.279. The number of ether oxygens (including phenoxy) is 1. The van der Waals surface area contributed by atoms with Crippen molar-refractivity contribution in [3.63, 3.8) is 0 Å². The van der Waals surface area contributed by atoms with Gasteiger partial charge < -0.3 is 9.64 Å². The van der Waals surface area contributed by atoms with Gasteiger partial charge in [0.25, 0.3) is 0 Å². The summed E-state index contributed by atoms with van der Waals surface area (Å²) in [6.07, 6.45) is 0. The molecule has 0 aliphatic heterocycles. The molecule has 1 aromatic carbocycles. The van der Waals surface area contributed by atoms with Gasteiger partial charge in [-0.2, -0.15) is 5.26 Å². The van der Waals surface area contributed by atoms with Crippen LogP contribution in [0.15, 0.2) is 24.3 Å². The third-order valence-corrected chi connectivity index (χ3v) is 2.56. The highest BCUT2D eigenvalue weighted by atomic mass is 16.5. The van der Waals surface area contributed by atoms with Crippen LogP contribution in [0.4, 0.5) is 5.69 Å². The smallest absolute Gasteiger partial charge is 0.325 e. The van der Waals surface area contributed by atoms with Crippen LogP contribution in [0.3, 0.4) is 0 Å². The van der Waals surface area contributed by atoms with Crippen molar-refractivity contribution in [3.8, 4) is 6.07 Å². The average Bonchev–Trinajstić information content (AvgIpc) is 2.36. The first-order valence-electron chi connectivity index (χ1n) is 6.01. The topological polar surface area (TPSA) is 53.3 Å². The zero-order valence-electron chi connectivity index (χ0n) is 11.0. The summed E-state index contributed by atoms with van der Waals surface area (Å²) in [6.45, 7) is 6.26. The number of anilines is 1. The van der Waals surface area contributed by atoms with Gasteiger partial charge in [-0.15, -0.1) is 0 Å². The van der Waals surface area contributed by atoms with Crippen LogP contribution >= 0.6 is 0 Å².